The second-order valence-electron chi connectivity index (χ2n) is 15.7. The van der Waals surface area contributed by atoms with Crippen LogP contribution in [0.25, 0.3) is 0 Å². The molecule has 8 unspecified atom stereocenters. The van der Waals surface area contributed by atoms with E-state index in [2.05, 4.69) is 19.2 Å². The quantitative estimate of drug-likeness (QED) is 0.0263. The van der Waals surface area contributed by atoms with Crippen LogP contribution in [0, 0.1) is 0 Å². The molecule has 322 valence electrons. The predicted octanol–water partition coefficient (Wildman–Crippen LogP) is 6.09. The molecule has 8 atom stereocenters. The van der Waals surface area contributed by atoms with E-state index in [1.807, 2.05) is 0 Å². The maximum atomic E-state index is 12.9. The largest absolute Gasteiger partial charge is 0.472 e. The van der Waals surface area contributed by atoms with Gasteiger partial charge in [-0.25, -0.2) is 4.57 Å². The Labute approximate surface area is 326 Å². The molecule has 0 bridgehead atoms. The minimum absolute atomic E-state index is 0.218. The molecule has 54 heavy (non-hydrogen) atoms. The van der Waals surface area contributed by atoms with E-state index in [1.165, 1.54) is 96.3 Å². The average Bonchev–Trinajstić information content (AvgIpc) is 3.14. The van der Waals surface area contributed by atoms with Gasteiger partial charge in [0.2, 0.25) is 5.91 Å². The monoisotopic (exact) mass is 798 g/mol. The second kappa shape index (κ2) is 31.3. The lowest BCUT2D eigenvalue weighted by molar-refractivity contribution is -0.220. The van der Waals surface area contributed by atoms with E-state index >= 15 is 0 Å². The number of phosphoric acid groups is 1. The molecule has 0 saturated heterocycles. The van der Waals surface area contributed by atoms with Gasteiger partial charge in [-0.05, 0) is 12.8 Å². The number of hydrogen-bond donors (Lipinski definition) is 9. The molecule has 14 heteroatoms. The molecule has 9 N–H and O–H groups in total. The number of aliphatic hydroxyl groups is 7. The highest BCUT2D eigenvalue weighted by Crippen LogP contribution is 2.47. The maximum Gasteiger partial charge on any atom is 0.472 e. The van der Waals surface area contributed by atoms with Gasteiger partial charge >= 0.3 is 7.82 Å². The molecule has 1 saturated carbocycles. The van der Waals surface area contributed by atoms with Crippen molar-refractivity contribution in [2.75, 3.05) is 6.61 Å². The normalized spacial score (nSPS) is 24.6. The standard InChI is InChI=1S/C40H80NO12P/c1-3-5-7-9-11-13-14-15-16-17-18-19-20-22-24-26-28-33(43)32(41-34(44)29-31(42)27-25-23-21-12-10-8-6-4-2)30-52-54(50,51)53-40-38(48)36(46)35(45)37(47)39(40)49/h31-33,35-40,42-43,45-49H,3-30H2,1-2H3,(H,41,44)(H,50,51). The Morgan fingerprint density at radius 3 is 1.33 bits per heavy atom. The van der Waals surface area contributed by atoms with Crippen molar-refractivity contribution in [1.82, 2.24) is 5.32 Å². The molecule has 0 radical (unpaired) electrons. The van der Waals surface area contributed by atoms with Crippen LogP contribution in [0.5, 0.6) is 0 Å². The third-order valence-corrected chi connectivity index (χ3v) is 11.7. The Bertz CT molecular complexity index is 948. The van der Waals surface area contributed by atoms with Crippen molar-refractivity contribution in [1.29, 1.82) is 0 Å². The lowest BCUT2D eigenvalue weighted by atomic mass is 9.85. The van der Waals surface area contributed by atoms with Crippen LogP contribution >= 0.6 is 7.82 Å². The highest BCUT2D eigenvalue weighted by Gasteiger charge is 2.51. The summed E-state index contributed by atoms with van der Waals surface area (Å²) in [6, 6.07) is -1.15. The molecule has 0 spiro atoms. The minimum atomic E-state index is -5.10. The first-order valence-corrected chi connectivity index (χ1v) is 23.1. The van der Waals surface area contributed by atoms with Gasteiger partial charge in [0, 0.05) is 0 Å². The fourth-order valence-electron chi connectivity index (χ4n) is 7.13. The molecular weight excluding hydrogens is 717 g/mol. The molecule has 1 fully saturated rings. The van der Waals surface area contributed by atoms with Crippen molar-refractivity contribution in [3.8, 4) is 0 Å². The molecule has 0 heterocycles. The Morgan fingerprint density at radius 2 is 0.926 bits per heavy atom. The van der Waals surface area contributed by atoms with E-state index in [1.54, 1.807) is 0 Å². The van der Waals surface area contributed by atoms with Crippen molar-refractivity contribution in [3.63, 3.8) is 0 Å². The van der Waals surface area contributed by atoms with Crippen molar-refractivity contribution in [2.24, 2.45) is 0 Å². The predicted molar refractivity (Wildman–Crippen MR) is 211 cm³/mol. The van der Waals surface area contributed by atoms with Crippen LogP contribution in [0.3, 0.4) is 0 Å². The molecule has 0 aliphatic heterocycles. The minimum Gasteiger partial charge on any atom is -0.393 e. The second-order valence-corrected chi connectivity index (χ2v) is 17.1. The maximum absolute atomic E-state index is 12.9. The first kappa shape index (κ1) is 51.3. The number of carbonyl (C=O) groups excluding carboxylic acids is 1. The van der Waals surface area contributed by atoms with Gasteiger partial charge in [0.25, 0.3) is 0 Å². The Balaban J connectivity index is 2.55. The van der Waals surface area contributed by atoms with Crippen LogP contribution in [0.15, 0.2) is 0 Å². The zero-order chi connectivity index (χ0) is 40.2. The summed E-state index contributed by atoms with van der Waals surface area (Å²) in [5.41, 5.74) is 0. The van der Waals surface area contributed by atoms with Crippen molar-refractivity contribution < 1.29 is 59.0 Å². The molecule has 1 aliphatic rings. The average molecular weight is 798 g/mol. The number of unbranched alkanes of at least 4 members (excludes halogenated alkanes) is 22. The van der Waals surface area contributed by atoms with E-state index in [-0.39, 0.29) is 12.8 Å². The Morgan fingerprint density at radius 1 is 0.574 bits per heavy atom. The zero-order valence-corrected chi connectivity index (χ0v) is 34.5. The zero-order valence-electron chi connectivity index (χ0n) is 33.7. The van der Waals surface area contributed by atoms with Gasteiger partial charge in [-0.3, -0.25) is 13.8 Å². The van der Waals surface area contributed by atoms with Crippen LogP contribution in [0.4, 0.5) is 0 Å². The number of rotatable bonds is 35. The van der Waals surface area contributed by atoms with Gasteiger partial charge in [-0.15, -0.1) is 0 Å². The van der Waals surface area contributed by atoms with Crippen LogP contribution in [-0.2, 0) is 18.4 Å². The number of amides is 1. The highest BCUT2D eigenvalue weighted by atomic mass is 31.2. The van der Waals surface area contributed by atoms with E-state index < -0.39 is 75.2 Å². The van der Waals surface area contributed by atoms with E-state index in [0.717, 1.165) is 51.4 Å². The van der Waals surface area contributed by atoms with Gasteiger partial charge in [-0.1, -0.05) is 168 Å². The molecule has 1 amide bonds. The van der Waals surface area contributed by atoms with E-state index in [0.29, 0.717) is 12.8 Å². The molecule has 1 aliphatic carbocycles. The Hall–Kier alpha value is -0.700. The third kappa shape index (κ3) is 23.5. The molecule has 0 aromatic heterocycles. The summed E-state index contributed by atoms with van der Waals surface area (Å²) in [6.07, 6.45) is 14.6. The summed E-state index contributed by atoms with van der Waals surface area (Å²) in [5.74, 6) is -0.561. The van der Waals surface area contributed by atoms with E-state index in [4.69, 9.17) is 9.05 Å². The SMILES string of the molecule is CCCCCCCCCCCCCCCCCCC(O)C(COP(=O)(O)OC1C(O)C(O)C(O)C(O)C1O)NC(=O)CC(O)CCCCCCCCCC. The number of nitrogens with one attached hydrogen (secondary N) is 1. The molecular formula is C40H80NO12P. The number of aliphatic hydroxyl groups excluding tert-OH is 7. The molecule has 13 nitrogen and oxygen atoms in total. The molecule has 0 aromatic carbocycles. The smallest absolute Gasteiger partial charge is 0.393 e. The highest BCUT2D eigenvalue weighted by molar-refractivity contribution is 7.47. The van der Waals surface area contributed by atoms with Gasteiger partial charge in [0.1, 0.15) is 36.6 Å². The van der Waals surface area contributed by atoms with Crippen LogP contribution < -0.4 is 5.32 Å². The number of hydrogen-bond acceptors (Lipinski definition) is 11. The van der Waals surface area contributed by atoms with Crippen molar-refractivity contribution in [3.05, 3.63) is 0 Å². The lowest BCUT2D eigenvalue weighted by Crippen LogP contribution is -2.64. The fourth-order valence-corrected chi connectivity index (χ4v) is 8.09. The first-order valence-electron chi connectivity index (χ1n) is 21.6. The summed E-state index contributed by atoms with van der Waals surface area (Å²) < 4.78 is 22.8. The van der Waals surface area contributed by atoms with Crippen molar-refractivity contribution >= 4 is 13.7 Å². The Kier molecular flexibility index (Phi) is 29.8. The summed E-state index contributed by atoms with van der Waals surface area (Å²) in [4.78, 5) is 23.3. The van der Waals surface area contributed by atoms with Crippen LogP contribution in [0.1, 0.15) is 187 Å². The summed E-state index contributed by atoms with van der Waals surface area (Å²) in [5, 5.41) is 74.3. The number of carbonyl (C=O) groups is 1. The van der Waals surface area contributed by atoms with Crippen LogP contribution in [-0.4, -0.2) is 108 Å². The summed E-state index contributed by atoms with van der Waals surface area (Å²) in [7, 11) is -5.10. The van der Waals surface area contributed by atoms with E-state index in [9.17, 15) is 50.0 Å². The lowest BCUT2D eigenvalue weighted by Gasteiger charge is -2.41. The van der Waals surface area contributed by atoms with Gasteiger partial charge in [0.05, 0.1) is 31.3 Å². The summed E-state index contributed by atoms with van der Waals surface area (Å²) in [6.45, 7) is 3.74. The van der Waals surface area contributed by atoms with Gasteiger partial charge < -0.3 is 46.0 Å². The van der Waals surface area contributed by atoms with Gasteiger partial charge in [-0.2, -0.15) is 0 Å². The fraction of sp³-hybridized carbons (Fsp3) is 0.975. The first-order chi connectivity index (χ1) is 25.8. The topological polar surface area (TPSA) is 226 Å². The third-order valence-electron chi connectivity index (χ3n) is 10.7. The molecule has 0 aromatic rings. The number of phosphoric ester groups is 1. The molecule has 1 rings (SSSR count). The van der Waals surface area contributed by atoms with Crippen LogP contribution in [0.2, 0.25) is 0 Å². The van der Waals surface area contributed by atoms with Crippen molar-refractivity contribution in [2.45, 2.75) is 242 Å². The van der Waals surface area contributed by atoms with Gasteiger partial charge in [0.15, 0.2) is 0 Å². The summed E-state index contributed by atoms with van der Waals surface area (Å²) >= 11 is 0.